The second-order valence-electron chi connectivity index (χ2n) is 3.09. The van der Waals surface area contributed by atoms with Crippen molar-refractivity contribution in [1.29, 1.82) is 0 Å². The lowest BCUT2D eigenvalue weighted by Gasteiger charge is -2.05. The van der Waals surface area contributed by atoms with E-state index in [-0.39, 0.29) is 0 Å². The molecule has 0 aliphatic rings. The fourth-order valence-electron chi connectivity index (χ4n) is 1.20. The molecule has 0 bridgehead atoms. The van der Waals surface area contributed by atoms with Gasteiger partial charge >= 0.3 is 0 Å². The van der Waals surface area contributed by atoms with E-state index in [1.165, 1.54) is 0 Å². The number of rotatable bonds is 2. The van der Waals surface area contributed by atoms with Gasteiger partial charge in [-0.3, -0.25) is 0 Å². The van der Waals surface area contributed by atoms with E-state index in [1.54, 1.807) is 0 Å². The lowest BCUT2D eigenvalue weighted by atomic mass is 10.3. The Labute approximate surface area is 99.9 Å². The summed E-state index contributed by atoms with van der Waals surface area (Å²) in [5.74, 6) is 1.58. The Morgan fingerprint density at radius 2 is 1.47 bits per heavy atom. The Bertz CT molecular complexity index is 451. The summed E-state index contributed by atoms with van der Waals surface area (Å²) in [4.78, 5) is 1.81. The van der Waals surface area contributed by atoms with E-state index < -0.39 is 0 Å². The smallest absolute Gasteiger partial charge is 0.128 e. The van der Waals surface area contributed by atoms with Crippen LogP contribution in [0.4, 0.5) is 0 Å². The first-order valence-corrected chi connectivity index (χ1v) is 5.39. The van der Waals surface area contributed by atoms with Crippen LogP contribution in [0.5, 0.6) is 11.5 Å². The molecular formula is C12H10OS2. The van der Waals surface area contributed by atoms with Gasteiger partial charge in [0.25, 0.3) is 0 Å². The molecule has 0 aromatic heterocycles. The third-order valence-electron chi connectivity index (χ3n) is 1.89. The molecule has 0 fully saturated rings. The molecule has 0 amide bonds. The second-order valence-corrected chi connectivity index (χ2v) is 4.13. The molecule has 15 heavy (non-hydrogen) atoms. The summed E-state index contributed by atoms with van der Waals surface area (Å²) >= 11 is 8.45. The van der Waals surface area contributed by atoms with Crippen LogP contribution in [0.15, 0.2) is 58.3 Å². The molecule has 0 radical (unpaired) electrons. The fraction of sp³-hybridized carbons (Fsp3) is 0. The first kappa shape index (κ1) is 10.5. The molecule has 3 heteroatoms. The molecule has 0 spiro atoms. The number of benzene rings is 2. The van der Waals surface area contributed by atoms with Gasteiger partial charge < -0.3 is 4.74 Å². The Kier molecular flexibility index (Phi) is 3.23. The molecular weight excluding hydrogens is 224 g/mol. The van der Waals surface area contributed by atoms with Gasteiger partial charge in [-0.2, -0.15) is 0 Å². The SMILES string of the molecule is Sc1ccc(Oc2cccc(S)c2)cc1. The second kappa shape index (κ2) is 4.64. The van der Waals surface area contributed by atoms with E-state index in [9.17, 15) is 0 Å². The van der Waals surface area contributed by atoms with Gasteiger partial charge in [-0.05, 0) is 42.5 Å². The maximum Gasteiger partial charge on any atom is 0.128 e. The standard InChI is InChI=1S/C12H10OS2/c14-11-6-4-9(5-7-11)13-10-2-1-3-12(15)8-10/h1-8,14-15H. The maximum absolute atomic E-state index is 5.63. The van der Waals surface area contributed by atoms with E-state index in [0.29, 0.717) is 0 Å². The van der Waals surface area contributed by atoms with Crippen LogP contribution < -0.4 is 4.74 Å². The number of hydrogen-bond acceptors (Lipinski definition) is 3. The van der Waals surface area contributed by atoms with E-state index in [0.717, 1.165) is 21.3 Å². The van der Waals surface area contributed by atoms with Gasteiger partial charge in [0.1, 0.15) is 11.5 Å². The molecule has 0 saturated heterocycles. The summed E-state index contributed by atoms with van der Waals surface area (Å²) in [6, 6.07) is 15.1. The Hall–Kier alpha value is -1.06. The van der Waals surface area contributed by atoms with Crippen molar-refractivity contribution in [3.8, 4) is 11.5 Å². The van der Waals surface area contributed by atoms with Crippen LogP contribution in [0.1, 0.15) is 0 Å². The molecule has 76 valence electrons. The van der Waals surface area contributed by atoms with Gasteiger partial charge in [-0.1, -0.05) is 6.07 Å². The van der Waals surface area contributed by atoms with Crippen molar-refractivity contribution < 1.29 is 4.74 Å². The Balaban J connectivity index is 2.18. The lowest BCUT2D eigenvalue weighted by Crippen LogP contribution is -1.83. The van der Waals surface area contributed by atoms with Crippen molar-refractivity contribution in [2.45, 2.75) is 9.79 Å². The van der Waals surface area contributed by atoms with Crippen molar-refractivity contribution in [2.75, 3.05) is 0 Å². The molecule has 0 heterocycles. The fourth-order valence-corrected chi connectivity index (χ4v) is 1.56. The molecule has 0 atom stereocenters. The largest absolute Gasteiger partial charge is 0.457 e. The van der Waals surface area contributed by atoms with E-state index in [2.05, 4.69) is 25.3 Å². The summed E-state index contributed by atoms with van der Waals surface area (Å²) in [6.45, 7) is 0. The highest BCUT2D eigenvalue weighted by Gasteiger charge is 1.96. The van der Waals surface area contributed by atoms with Crippen LogP contribution in [0.3, 0.4) is 0 Å². The van der Waals surface area contributed by atoms with E-state index >= 15 is 0 Å². The molecule has 2 aromatic rings. The molecule has 0 N–H and O–H groups in total. The summed E-state index contributed by atoms with van der Waals surface area (Å²) < 4.78 is 5.63. The average Bonchev–Trinajstić information content (AvgIpc) is 2.22. The molecule has 2 aromatic carbocycles. The van der Waals surface area contributed by atoms with Crippen molar-refractivity contribution in [1.82, 2.24) is 0 Å². The number of hydrogen-bond donors (Lipinski definition) is 2. The van der Waals surface area contributed by atoms with E-state index in [1.807, 2.05) is 48.5 Å². The highest BCUT2D eigenvalue weighted by atomic mass is 32.1. The van der Waals surface area contributed by atoms with Gasteiger partial charge in [0.05, 0.1) is 0 Å². The predicted molar refractivity (Wildman–Crippen MR) is 67.5 cm³/mol. The zero-order valence-electron chi connectivity index (χ0n) is 7.92. The van der Waals surface area contributed by atoms with Crippen LogP contribution in [-0.4, -0.2) is 0 Å². The van der Waals surface area contributed by atoms with Crippen molar-refractivity contribution >= 4 is 25.3 Å². The highest BCUT2D eigenvalue weighted by molar-refractivity contribution is 7.80. The summed E-state index contributed by atoms with van der Waals surface area (Å²) in [6.07, 6.45) is 0. The minimum absolute atomic E-state index is 0.786. The summed E-state index contributed by atoms with van der Waals surface area (Å²) in [7, 11) is 0. The minimum Gasteiger partial charge on any atom is -0.457 e. The van der Waals surface area contributed by atoms with Gasteiger partial charge in [0, 0.05) is 9.79 Å². The monoisotopic (exact) mass is 234 g/mol. The number of thiol groups is 2. The molecule has 0 unspecified atom stereocenters. The summed E-state index contributed by atoms with van der Waals surface area (Å²) in [5.41, 5.74) is 0. The van der Waals surface area contributed by atoms with Crippen molar-refractivity contribution in [3.05, 3.63) is 48.5 Å². The van der Waals surface area contributed by atoms with Crippen molar-refractivity contribution in [3.63, 3.8) is 0 Å². The predicted octanol–water partition coefficient (Wildman–Crippen LogP) is 4.06. The molecule has 0 aliphatic carbocycles. The third-order valence-corrected chi connectivity index (χ3v) is 2.47. The highest BCUT2D eigenvalue weighted by Crippen LogP contribution is 2.24. The topological polar surface area (TPSA) is 9.23 Å². The van der Waals surface area contributed by atoms with Crippen LogP contribution in [0.25, 0.3) is 0 Å². The average molecular weight is 234 g/mol. The first-order chi connectivity index (χ1) is 7.24. The molecule has 0 aliphatic heterocycles. The van der Waals surface area contributed by atoms with Crippen LogP contribution in [-0.2, 0) is 0 Å². The quantitative estimate of drug-likeness (QED) is 0.745. The zero-order chi connectivity index (χ0) is 10.7. The van der Waals surface area contributed by atoms with Gasteiger partial charge in [-0.25, -0.2) is 0 Å². The Morgan fingerprint density at radius 1 is 0.733 bits per heavy atom. The van der Waals surface area contributed by atoms with Gasteiger partial charge in [-0.15, -0.1) is 25.3 Å². The third kappa shape index (κ3) is 2.94. The first-order valence-electron chi connectivity index (χ1n) is 4.50. The van der Waals surface area contributed by atoms with E-state index in [4.69, 9.17) is 4.74 Å². The number of ether oxygens (including phenoxy) is 1. The lowest BCUT2D eigenvalue weighted by molar-refractivity contribution is 0.481. The van der Waals surface area contributed by atoms with Crippen LogP contribution >= 0.6 is 25.3 Å². The maximum atomic E-state index is 5.63. The Morgan fingerprint density at radius 3 is 2.13 bits per heavy atom. The van der Waals surface area contributed by atoms with Gasteiger partial charge in [0.2, 0.25) is 0 Å². The molecule has 0 saturated carbocycles. The molecule has 1 nitrogen and oxygen atoms in total. The van der Waals surface area contributed by atoms with Crippen molar-refractivity contribution in [2.24, 2.45) is 0 Å². The van der Waals surface area contributed by atoms with Crippen LogP contribution in [0, 0.1) is 0 Å². The zero-order valence-corrected chi connectivity index (χ0v) is 9.71. The minimum atomic E-state index is 0.786. The molecule has 2 rings (SSSR count). The normalized spacial score (nSPS) is 10.0. The van der Waals surface area contributed by atoms with Crippen LogP contribution in [0.2, 0.25) is 0 Å². The van der Waals surface area contributed by atoms with Gasteiger partial charge in [0.15, 0.2) is 0 Å². The summed E-state index contributed by atoms with van der Waals surface area (Å²) in [5, 5.41) is 0.